The van der Waals surface area contributed by atoms with Gasteiger partial charge in [-0.2, -0.15) is 5.26 Å². The highest BCUT2D eigenvalue weighted by Gasteiger charge is 2.08. The molecule has 0 N–H and O–H groups in total. The number of aromatic nitrogens is 1. The highest BCUT2D eigenvalue weighted by atomic mass is 35.5. The molecule has 1 aromatic carbocycles. The quantitative estimate of drug-likeness (QED) is 0.785. The molecule has 0 saturated heterocycles. The molecule has 0 fully saturated rings. The Balaban J connectivity index is 2.35. The van der Waals surface area contributed by atoms with Crippen LogP contribution in [0.5, 0.6) is 0 Å². The Labute approximate surface area is 97.5 Å². The Hall–Kier alpha value is -1.79. The van der Waals surface area contributed by atoms with Gasteiger partial charge in [0.1, 0.15) is 17.6 Å². The Morgan fingerprint density at radius 1 is 1.31 bits per heavy atom. The van der Waals surface area contributed by atoms with E-state index in [2.05, 4.69) is 0 Å². The van der Waals surface area contributed by atoms with E-state index in [0.717, 1.165) is 0 Å². The van der Waals surface area contributed by atoms with Gasteiger partial charge in [0.2, 0.25) is 0 Å². The second-order valence-corrected chi connectivity index (χ2v) is 3.75. The first kappa shape index (κ1) is 10.7. The number of benzene rings is 1. The van der Waals surface area contributed by atoms with Gasteiger partial charge in [-0.05, 0) is 18.2 Å². The van der Waals surface area contributed by atoms with Crippen molar-refractivity contribution in [1.82, 2.24) is 4.57 Å². The Morgan fingerprint density at radius 2 is 2.12 bits per heavy atom. The third-order valence-electron chi connectivity index (χ3n) is 2.32. The lowest BCUT2D eigenvalue weighted by Crippen LogP contribution is -2.02. The summed E-state index contributed by atoms with van der Waals surface area (Å²) in [4.78, 5) is 0. The molecule has 2 nitrogen and oxygen atoms in total. The summed E-state index contributed by atoms with van der Waals surface area (Å²) in [5, 5.41) is 8.92. The van der Waals surface area contributed by atoms with Gasteiger partial charge in [-0.25, -0.2) is 4.39 Å². The number of nitrogens with zero attached hydrogens (tertiary/aromatic N) is 2. The van der Waals surface area contributed by atoms with Crippen LogP contribution >= 0.6 is 11.6 Å². The first-order valence-corrected chi connectivity index (χ1v) is 5.08. The van der Waals surface area contributed by atoms with Crippen molar-refractivity contribution >= 4 is 11.6 Å². The van der Waals surface area contributed by atoms with Gasteiger partial charge in [-0.3, -0.25) is 0 Å². The molecule has 0 spiro atoms. The van der Waals surface area contributed by atoms with E-state index in [1.54, 1.807) is 35.0 Å². The number of hydrogen-bond donors (Lipinski definition) is 0. The molecule has 2 aromatic rings. The molecular weight excluding hydrogens is 227 g/mol. The van der Waals surface area contributed by atoms with E-state index in [1.807, 2.05) is 6.07 Å². The topological polar surface area (TPSA) is 28.7 Å². The highest BCUT2D eigenvalue weighted by Crippen LogP contribution is 2.19. The molecule has 0 aliphatic heterocycles. The fourth-order valence-corrected chi connectivity index (χ4v) is 1.70. The predicted octanol–water partition coefficient (Wildman–Crippen LogP) is 3.20. The zero-order valence-electron chi connectivity index (χ0n) is 8.32. The molecule has 1 heterocycles. The Kier molecular flexibility index (Phi) is 2.93. The van der Waals surface area contributed by atoms with Gasteiger partial charge in [0.25, 0.3) is 0 Å². The molecule has 0 aliphatic carbocycles. The van der Waals surface area contributed by atoms with E-state index in [1.165, 1.54) is 6.07 Å². The molecule has 0 bridgehead atoms. The molecule has 1 aromatic heterocycles. The van der Waals surface area contributed by atoms with Crippen LogP contribution in [0.2, 0.25) is 5.02 Å². The van der Waals surface area contributed by atoms with E-state index in [-0.39, 0.29) is 5.02 Å². The molecule has 0 amide bonds. The second-order valence-electron chi connectivity index (χ2n) is 3.35. The van der Waals surface area contributed by atoms with Gasteiger partial charge in [0.05, 0.1) is 11.6 Å². The van der Waals surface area contributed by atoms with Crippen LogP contribution in [-0.4, -0.2) is 4.57 Å². The molecule has 80 valence electrons. The average Bonchev–Trinajstić information content (AvgIpc) is 2.72. The third kappa shape index (κ3) is 1.93. The van der Waals surface area contributed by atoms with E-state index in [0.29, 0.717) is 17.8 Å². The summed E-state index contributed by atoms with van der Waals surface area (Å²) >= 11 is 5.68. The van der Waals surface area contributed by atoms with Crippen LogP contribution in [0.4, 0.5) is 4.39 Å². The Morgan fingerprint density at radius 3 is 2.88 bits per heavy atom. The van der Waals surface area contributed by atoms with Crippen molar-refractivity contribution in [2.45, 2.75) is 6.54 Å². The lowest BCUT2D eigenvalue weighted by molar-refractivity contribution is 0.599. The minimum Gasteiger partial charge on any atom is -0.335 e. The van der Waals surface area contributed by atoms with Crippen molar-refractivity contribution in [2.75, 3.05) is 0 Å². The highest BCUT2D eigenvalue weighted by molar-refractivity contribution is 6.30. The number of hydrogen-bond acceptors (Lipinski definition) is 1. The Bertz CT molecular complexity index is 554. The molecule has 0 aliphatic rings. The number of rotatable bonds is 2. The van der Waals surface area contributed by atoms with Crippen molar-refractivity contribution in [2.24, 2.45) is 0 Å². The molecular formula is C12H8ClFN2. The average molecular weight is 235 g/mol. The van der Waals surface area contributed by atoms with E-state index >= 15 is 0 Å². The van der Waals surface area contributed by atoms with Crippen molar-refractivity contribution in [1.29, 1.82) is 5.26 Å². The lowest BCUT2D eigenvalue weighted by Gasteiger charge is -2.06. The summed E-state index contributed by atoms with van der Waals surface area (Å²) in [5.74, 6) is -0.429. The van der Waals surface area contributed by atoms with Gasteiger partial charge in [0, 0.05) is 11.8 Å². The standard InChI is InChI=1S/C12H8ClFN2/c13-11-5-1-3-9(12(11)14)8-16-6-2-4-10(16)7-15/h1-6H,8H2. The van der Waals surface area contributed by atoms with Crippen LogP contribution in [-0.2, 0) is 6.54 Å². The van der Waals surface area contributed by atoms with Crippen molar-refractivity contribution in [3.05, 3.63) is 58.6 Å². The smallest absolute Gasteiger partial charge is 0.146 e. The van der Waals surface area contributed by atoms with E-state index in [9.17, 15) is 4.39 Å². The molecule has 0 unspecified atom stereocenters. The summed E-state index contributed by atoms with van der Waals surface area (Å²) in [6, 6.07) is 10.3. The largest absolute Gasteiger partial charge is 0.335 e. The molecule has 0 saturated carbocycles. The van der Waals surface area contributed by atoms with Gasteiger partial charge in [-0.15, -0.1) is 0 Å². The molecule has 4 heteroatoms. The molecule has 16 heavy (non-hydrogen) atoms. The van der Waals surface area contributed by atoms with Crippen LogP contribution < -0.4 is 0 Å². The van der Waals surface area contributed by atoms with Gasteiger partial charge >= 0.3 is 0 Å². The van der Waals surface area contributed by atoms with E-state index < -0.39 is 5.82 Å². The van der Waals surface area contributed by atoms with Gasteiger partial charge in [-0.1, -0.05) is 23.7 Å². The fourth-order valence-electron chi connectivity index (χ4n) is 1.51. The maximum Gasteiger partial charge on any atom is 0.146 e. The van der Waals surface area contributed by atoms with Gasteiger partial charge < -0.3 is 4.57 Å². The summed E-state index contributed by atoms with van der Waals surface area (Å²) in [5.41, 5.74) is 0.972. The van der Waals surface area contributed by atoms with Crippen LogP contribution in [0.3, 0.4) is 0 Å². The zero-order chi connectivity index (χ0) is 11.5. The summed E-state index contributed by atoms with van der Waals surface area (Å²) in [6.45, 7) is 0.308. The number of halogens is 2. The van der Waals surface area contributed by atoms with Crippen molar-refractivity contribution < 1.29 is 4.39 Å². The number of nitriles is 1. The maximum atomic E-state index is 13.6. The zero-order valence-corrected chi connectivity index (χ0v) is 9.08. The first-order chi connectivity index (χ1) is 7.72. The molecule has 0 atom stereocenters. The maximum absolute atomic E-state index is 13.6. The SMILES string of the molecule is N#Cc1cccn1Cc1cccc(Cl)c1F. The van der Waals surface area contributed by atoms with Crippen LogP contribution in [0.1, 0.15) is 11.3 Å². The summed E-state index contributed by atoms with van der Waals surface area (Å²) in [7, 11) is 0. The first-order valence-electron chi connectivity index (χ1n) is 4.70. The van der Waals surface area contributed by atoms with Crippen LogP contribution in [0.25, 0.3) is 0 Å². The predicted molar refractivity (Wildman–Crippen MR) is 59.7 cm³/mol. The van der Waals surface area contributed by atoms with Crippen molar-refractivity contribution in [3.8, 4) is 6.07 Å². The molecule has 2 rings (SSSR count). The van der Waals surface area contributed by atoms with Crippen LogP contribution in [0, 0.1) is 17.1 Å². The minimum absolute atomic E-state index is 0.100. The van der Waals surface area contributed by atoms with E-state index in [4.69, 9.17) is 16.9 Å². The summed E-state index contributed by atoms with van der Waals surface area (Å²) < 4.78 is 15.3. The lowest BCUT2D eigenvalue weighted by atomic mass is 10.2. The normalized spacial score (nSPS) is 10.1. The fraction of sp³-hybridized carbons (Fsp3) is 0.0833. The van der Waals surface area contributed by atoms with Crippen molar-refractivity contribution in [3.63, 3.8) is 0 Å². The monoisotopic (exact) mass is 234 g/mol. The van der Waals surface area contributed by atoms with Crippen LogP contribution in [0.15, 0.2) is 36.5 Å². The third-order valence-corrected chi connectivity index (χ3v) is 2.61. The van der Waals surface area contributed by atoms with Gasteiger partial charge in [0.15, 0.2) is 0 Å². The molecule has 0 radical (unpaired) electrons. The summed E-state index contributed by atoms with van der Waals surface area (Å²) in [6.07, 6.45) is 1.74. The minimum atomic E-state index is -0.429. The second kappa shape index (κ2) is 4.38.